The number of benzene rings is 1. The first-order chi connectivity index (χ1) is 10.9. The predicted octanol–water partition coefficient (Wildman–Crippen LogP) is 2.31. The molecular formula is C15H12F3N3O2. The average Bonchev–Trinajstić information content (AvgIpc) is 2.53. The number of nitrogens with zero attached hydrogens (tertiary/aromatic N) is 1. The summed E-state index contributed by atoms with van der Waals surface area (Å²) in [4.78, 5) is 27.3. The van der Waals surface area contributed by atoms with E-state index in [1.807, 2.05) is 5.32 Å². The number of hydrogen-bond donors (Lipinski definition) is 2. The quantitative estimate of drug-likeness (QED) is 0.673. The summed E-state index contributed by atoms with van der Waals surface area (Å²) in [5.74, 6) is -6.18. The van der Waals surface area contributed by atoms with Gasteiger partial charge in [0.2, 0.25) is 0 Å². The van der Waals surface area contributed by atoms with Crippen LogP contribution >= 0.6 is 0 Å². The Hall–Kier alpha value is -2.90. The van der Waals surface area contributed by atoms with Crippen molar-refractivity contribution in [3.63, 3.8) is 0 Å². The van der Waals surface area contributed by atoms with Gasteiger partial charge in [0.05, 0.1) is 11.7 Å². The Balaban J connectivity index is 2.03. The van der Waals surface area contributed by atoms with Gasteiger partial charge in [0.1, 0.15) is 5.82 Å². The third-order valence-electron chi connectivity index (χ3n) is 3.00. The molecular weight excluding hydrogens is 311 g/mol. The molecule has 1 unspecified atom stereocenters. The molecule has 23 heavy (non-hydrogen) atoms. The third kappa shape index (κ3) is 4.06. The molecule has 1 aromatic carbocycles. The SMILES string of the molecule is CC(NC(=O)C(=O)Nc1cc(F)c(F)cc1F)c1cccnc1. The van der Waals surface area contributed by atoms with Gasteiger partial charge in [-0.2, -0.15) is 0 Å². The summed E-state index contributed by atoms with van der Waals surface area (Å²) < 4.78 is 39.3. The molecule has 1 aromatic heterocycles. The zero-order valence-corrected chi connectivity index (χ0v) is 11.9. The standard InChI is InChI=1S/C15H12F3N3O2/c1-8(9-3-2-4-19-7-9)20-14(22)15(23)21-13-6-11(17)10(16)5-12(13)18/h2-8H,1H3,(H,20,22)(H,21,23). The van der Waals surface area contributed by atoms with Gasteiger partial charge in [-0.1, -0.05) is 6.07 Å². The molecule has 2 amide bonds. The number of rotatable bonds is 3. The van der Waals surface area contributed by atoms with E-state index in [0.717, 1.165) is 0 Å². The van der Waals surface area contributed by atoms with Crippen molar-refractivity contribution in [1.29, 1.82) is 0 Å². The van der Waals surface area contributed by atoms with E-state index in [4.69, 9.17) is 0 Å². The second-order valence-electron chi connectivity index (χ2n) is 4.68. The van der Waals surface area contributed by atoms with Crippen molar-refractivity contribution in [2.45, 2.75) is 13.0 Å². The van der Waals surface area contributed by atoms with Crippen molar-refractivity contribution in [3.8, 4) is 0 Å². The molecule has 2 aromatic rings. The minimum atomic E-state index is -1.39. The van der Waals surface area contributed by atoms with Gasteiger partial charge in [-0.05, 0) is 18.6 Å². The highest BCUT2D eigenvalue weighted by atomic mass is 19.2. The van der Waals surface area contributed by atoms with Gasteiger partial charge in [-0.3, -0.25) is 14.6 Å². The minimum absolute atomic E-state index is 0.279. The Morgan fingerprint density at radius 3 is 2.43 bits per heavy atom. The number of carbonyl (C=O) groups excluding carboxylic acids is 2. The zero-order valence-electron chi connectivity index (χ0n) is 11.9. The Morgan fingerprint density at radius 2 is 1.78 bits per heavy atom. The van der Waals surface area contributed by atoms with Crippen molar-refractivity contribution in [2.75, 3.05) is 5.32 Å². The maximum absolute atomic E-state index is 13.4. The zero-order chi connectivity index (χ0) is 17.0. The second kappa shape index (κ2) is 6.91. The van der Waals surface area contributed by atoms with Crippen molar-refractivity contribution in [1.82, 2.24) is 10.3 Å². The molecule has 2 N–H and O–H groups in total. The highest BCUT2D eigenvalue weighted by Crippen LogP contribution is 2.18. The summed E-state index contributed by atoms with van der Waals surface area (Å²) in [5.41, 5.74) is 0.0331. The molecule has 0 saturated heterocycles. The number of halogens is 3. The number of carbonyl (C=O) groups is 2. The highest BCUT2D eigenvalue weighted by molar-refractivity contribution is 6.39. The summed E-state index contributed by atoms with van der Waals surface area (Å²) in [7, 11) is 0. The molecule has 2 rings (SSSR count). The van der Waals surface area contributed by atoms with Crippen LogP contribution in [0.5, 0.6) is 0 Å². The molecule has 0 aliphatic carbocycles. The van der Waals surface area contributed by atoms with Crippen LogP contribution in [0.4, 0.5) is 18.9 Å². The molecule has 1 heterocycles. The van der Waals surface area contributed by atoms with Crippen LogP contribution in [0.25, 0.3) is 0 Å². The van der Waals surface area contributed by atoms with Gasteiger partial charge < -0.3 is 10.6 Å². The fraction of sp³-hybridized carbons (Fsp3) is 0.133. The summed E-state index contributed by atoms with van der Waals surface area (Å²) >= 11 is 0. The smallest absolute Gasteiger partial charge is 0.313 e. The van der Waals surface area contributed by atoms with Gasteiger partial charge in [0.25, 0.3) is 0 Å². The number of amides is 2. The van der Waals surface area contributed by atoms with Crippen molar-refractivity contribution >= 4 is 17.5 Å². The maximum Gasteiger partial charge on any atom is 0.313 e. The molecule has 0 spiro atoms. The molecule has 8 heteroatoms. The fourth-order valence-electron chi connectivity index (χ4n) is 1.78. The Bertz CT molecular complexity index is 738. The van der Waals surface area contributed by atoms with Crippen LogP contribution in [0.3, 0.4) is 0 Å². The van der Waals surface area contributed by atoms with E-state index in [1.54, 1.807) is 25.3 Å². The van der Waals surface area contributed by atoms with Crippen LogP contribution in [0.2, 0.25) is 0 Å². The number of hydrogen-bond acceptors (Lipinski definition) is 3. The average molecular weight is 323 g/mol. The molecule has 0 radical (unpaired) electrons. The summed E-state index contributed by atoms with van der Waals surface area (Å²) in [5, 5.41) is 4.27. The number of aromatic nitrogens is 1. The molecule has 1 atom stereocenters. The van der Waals surface area contributed by atoms with Crippen molar-refractivity contribution in [3.05, 3.63) is 59.7 Å². The monoisotopic (exact) mass is 323 g/mol. The van der Waals surface area contributed by atoms with Crippen molar-refractivity contribution in [2.24, 2.45) is 0 Å². The third-order valence-corrected chi connectivity index (χ3v) is 3.00. The van der Waals surface area contributed by atoms with E-state index in [2.05, 4.69) is 10.3 Å². The topological polar surface area (TPSA) is 71.1 Å². The first-order valence-electron chi connectivity index (χ1n) is 6.55. The largest absolute Gasteiger partial charge is 0.341 e. The first-order valence-corrected chi connectivity index (χ1v) is 6.55. The van der Waals surface area contributed by atoms with E-state index >= 15 is 0 Å². The van der Waals surface area contributed by atoms with Crippen LogP contribution in [0.1, 0.15) is 18.5 Å². The van der Waals surface area contributed by atoms with Gasteiger partial charge >= 0.3 is 11.8 Å². The Kier molecular flexibility index (Phi) is 4.95. The first kappa shape index (κ1) is 16.5. The summed E-state index contributed by atoms with van der Waals surface area (Å²) in [6.45, 7) is 1.63. The van der Waals surface area contributed by atoms with Gasteiger partial charge in [0.15, 0.2) is 11.6 Å². The lowest BCUT2D eigenvalue weighted by Gasteiger charge is -2.13. The molecule has 5 nitrogen and oxygen atoms in total. The lowest BCUT2D eigenvalue weighted by molar-refractivity contribution is -0.136. The van der Waals surface area contributed by atoms with Crippen LogP contribution in [-0.4, -0.2) is 16.8 Å². The summed E-state index contributed by atoms with van der Waals surface area (Å²) in [6, 6.07) is 3.58. The normalized spacial score (nSPS) is 11.7. The van der Waals surface area contributed by atoms with Crippen LogP contribution in [-0.2, 0) is 9.59 Å². The van der Waals surface area contributed by atoms with E-state index in [0.29, 0.717) is 11.6 Å². The minimum Gasteiger partial charge on any atom is -0.341 e. The molecule has 0 aliphatic heterocycles. The van der Waals surface area contributed by atoms with Crippen LogP contribution in [0.15, 0.2) is 36.7 Å². The van der Waals surface area contributed by atoms with E-state index < -0.39 is 41.0 Å². The molecule has 0 aliphatic rings. The Morgan fingerprint density at radius 1 is 1.09 bits per heavy atom. The van der Waals surface area contributed by atoms with Gasteiger partial charge in [0, 0.05) is 24.5 Å². The molecule has 120 valence electrons. The van der Waals surface area contributed by atoms with Gasteiger partial charge in [-0.15, -0.1) is 0 Å². The molecule has 0 fully saturated rings. The number of anilines is 1. The van der Waals surface area contributed by atoms with Gasteiger partial charge in [-0.25, -0.2) is 13.2 Å². The van der Waals surface area contributed by atoms with Crippen molar-refractivity contribution < 1.29 is 22.8 Å². The van der Waals surface area contributed by atoms with E-state index in [-0.39, 0.29) is 6.07 Å². The highest BCUT2D eigenvalue weighted by Gasteiger charge is 2.19. The number of pyridine rings is 1. The lowest BCUT2D eigenvalue weighted by atomic mass is 10.1. The molecule has 0 bridgehead atoms. The second-order valence-corrected chi connectivity index (χ2v) is 4.68. The van der Waals surface area contributed by atoms with E-state index in [1.165, 1.54) is 6.20 Å². The maximum atomic E-state index is 13.4. The fourth-order valence-corrected chi connectivity index (χ4v) is 1.78. The summed E-state index contributed by atoms with van der Waals surface area (Å²) in [6.07, 6.45) is 3.06. The number of nitrogens with one attached hydrogen (secondary N) is 2. The lowest BCUT2D eigenvalue weighted by Crippen LogP contribution is -2.37. The van der Waals surface area contributed by atoms with E-state index in [9.17, 15) is 22.8 Å². The molecule has 0 saturated carbocycles. The Labute approximate surface area is 129 Å². The predicted molar refractivity (Wildman–Crippen MR) is 75.7 cm³/mol. The van der Waals surface area contributed by atoms with Crippen LogP contribution in [0, 0.1) is 17.5 Å². The van der Waals surface area contributed by atoms with Crippen LogP contribution < -0.4 is 10.6 Å².